The smallest absolute Gasteiger partial charge is 0.234 e. The van der Waals surface area contributed by atoms with Crippen LogP contribution in [0.25, 0.3) is 5.78 Å². The number of rotatable bonds is 5. The molecule has 1 aliphatic carbocycles. The maximum absolute atomic E-state index is 9.22. The van der Waals surface area contributed by atoms with Gasteiger partial charge in [0.15, 0.2) is 0 Å². The second-order valence-corrected chi connectivity index (χ2v) is 5.72. The number of aryl methyl sites for hydroxylation is 2. The number of aliphatic hydroxyl groups is 1. The summed E-state index contributed by atoms with van der Waals surface area (Å²) in [5, 5.41) is 9.22. The number of hydrogen-bond donors (Lipinski definition) is 1. The standard InChI is InChI=1S/C15H22N4O/c1-11-8-12(2)19-10-13(17-15(19)16-11)9-18(6-7-20)14-4-3-5-14/h8,10,14,20H,3-7,9H2,1-2H3. The molecule has 0 spiro atoms. The molecule has 2 aromatic rings. The molecule has 0 amide bonds. The van der Waals surface area contributed by atoms with Crippen LogP contribution in [0.2, 0.25) is 0 Å². The molecule has 1 fully saturated rings. The SMILES string of the molecule is Cc1cc(C)n2cc(CN(CCO)C3CCC3)nc2n1. The van der Waals surface area contributed by atoms with Crippen LogP contribution in [-0.2, 0) is 6.54 Å². The zero-order valence-corrected chi connectivity index (χ0v) is 12.2. The normalized spacial score (nSPS) is 16.0. The van der Waals surface area contributed by atoms with E-state index in [1.165, 1.54) is 19.3 Å². The fourth-order valence-corrected chi connectivity index (χ4v) is 2.87. The maximum atomic E-state index is 9.22. The summed E-state index contributed by atoms with van der Waals surface area (Å²) in [5.74, 6) is 0.773. The van der Waals surface area contributed by atoms with Gasteiger partial charge in [-0.2, -0.15) is 0 Å². The predicted molar refractivity (Wildman–Crippen MR) is 77.6 cm³/mol. The van der Waals surface area contributed by atoms with Gasteiger partial charge in [-0.15, -0.1) is 0 Å². The van der Waals surface area contributed by atoms with Gasteiger partial charge in [0, 0.05) is 36.7 Å². The molecule has 2 aromatic heterocycles. The summed E-state index contributed by atoms with van der Waals surface area (Å²) in [5.41, 5.74) is 3.19. The second-order valence-electron chi connectivity index (χ2n) is 5.72. The first kappa shape index (κ1) is 13.5. The highest BCUT2D eigenvalue weighted by molar-refractivity contribution is 5.34. The molecule has 2 heterocycles. The van der Waals surface area contributed by atoms with Crippen molar-refractivity contribution in [3.63, 3.8) is 0 Å². The molecule has 5 heteroatoms. The van der Waals surface area contributed by atoms with E-state index in [0.29, 0.717) is 6.04 Å². The third-order valence-corrected chi connectivity index (χ3v) is 4.15. The summed E-state index contributed by atoms with van der Waals surface area (Å²) in [6, 6.07) is 2.68. The molecule has 20 heavy (non-hydrogen) atoms. The Labute approximate surface area is 119 Å². The van der Waals surface area contributed by atoms with Crippen LogP contribution in [0.1, 0.15) is 36.3 Å². The molecular weight excluding hydrogens is 252 g/mol. The fraction of sp³-hybridized carbons (Fsp3) is 0.600. The van der Waals surface area contributed by atoms with Crippen molar-refractivity contribution in [1.29, 1.82) is 0 Å². The summed E-state index contributed by atoms with van der Waals surface area (Å²) >= 11 is 0. The fourth-order valence-electron chi connectivity index (χ4n) is 2.87. The van der Waals surface area contributed by atoms with Crippen LogP contribution in [0.3, 0.4) is 0 Å². The molecular formula is C15H22N4O. The molecule has 0 atom stereocenters. The van der Waals surface area contributed by atoms with E-state index in [0.717, 1.165) is 35.9 Å². The summed E-state index contributed by atoms with van der Waals surface area (Å²) in [4.78, 5) is 11.4. The molecule has 0 aliphatic heterocycles. The predicted octanol–water partition coefficient (Wildman–Crippen LogP) is 1.69. The van der Waals surface area contributed by atoms with Crippen molar-refractivity contribution in [3.8, 4) is 0 Å². The van der Waals surface area contributed by atoms with E-state index in [-0.39, 0.29) is 6.61 Å². The highest BCUT2D eigenvalue weighted by atomic mass is 16.3. The zero-order valence-electron chi connectivity index (χ0n) is 12.2. The Kier molecular flexibility index (Phi) is 3.72. The molecule has 0 aromatic carbocycles. The summed E-state index contributed by atoms with van der Waals surface area (Å²) in [7, 11) is 0. The molecule has 3 rings (SSSR count). The molecule has 0 bridgehead atoms. The second kappa shape index (κ2) is 5.50. The zero-order chi connectivity index (χ0) is 14.1. The average molecular weight is 274 g/mol. The summed E-state index contributed by atoms with van der Waals surface area (Å²) in [6.07, 6.45) is 5.85. The van der Waals surface area contributed by atoms with Crippen molar-refractivity contribution < 1.29 is 5.11 Å². The minimum atomic E-state index is 0.209. The molecule has 0 radical (unpaired) electrons. The van der Waals surface area contributed by atoms with Gasteiger partial charge in [-0.25, -0.2) is 9.97 Å². The minimum absolute atomic E-state index is 0.209. The molecule has 108 valence electrons. The quantitative estimate of drug-likeness (QED) is 0.901. The van der Waals surface area contributed by atoms with Crippen molar-refractivity contribution in [2.45, 2.75) is 45.7 Å². The monoisotopic (exact) mass is 274 g/mol. The molecule has 0 saturated heterocycles. The van der Waals surface area contributed by atoms with E-state index >= 15 is 0 Å². The lowest BCUT2D eigenvalue weighted by Gasteiger charge is -2.36. The lowest BCUT2D eigenvalue weighted by molar-refractivity contribution is 0.0935. The van der Waals surface area contributed by atoms with E-state index in [1.807, 2.05) is 11.3 Å². The van der Waals surface area contributed by atoms with Crippen molar-refractivity contribution in [2.24, 2.45) is 0 Å². The van der Waals surface area contributed by atoms with Crippen molar-refractivity contribution in [1.82, 2.24) is 19.3 Å². The van der Waals surface area contributed by atoms with E-state index in [2.05, 4.69) is 34.1 Å². The number of aromatic nitrogens is 3. The van der Waals surface area contributed by atoms with Crippen molar-refractivity contribution >= 4 is 5.78 Å². The van der Waals surface area contributed by atoms with Crippen molar-refractivity contribution in [2.75, 3.05) is 13.2 Å². The first-order valence-corrected chi connectivity index (χ1v) is 7.34. The number of fused-ring (bicyclic) bond motifs is 1. The van der Waals surface area contributed by atoms with Crippen molar-refractivity contribution in [3.05, 3.63) is 29.3 Å². The van der Waals surface area contributed by atoms with Gasteiger partial charge < -0.3 is 5.11 Å². The largest absolute Gasteiger partial charge is 0.395 e. The van der Waals surface area contributed by atoms with E-state index < -0.39 is 0 Å². The van der Waals surface area contributed by atoms with Gasteiger partial charge in [0.2, 0.25) is 5.78 Å². The van der Waals surface area contributed by atoms with Crippen LogP contribution in [-0.4, -0.2) is 43.6 Å². The van der Waals surface area contributed by atoms with Gasteiger partial charge in [-0.3, -0.25) is 9.30 Å². The number of aliphatic hydroxyl groups excluding tert-OH is 1. The summed E-state index contributed by atoms with van der Waals surface area (Å²) in [6.45, 7) is 5.80. The van der Waals surface area contributed by atoms with Gasteiger partial charge >= 0.3 is 0 Å². The van der Waals surface area contributed by atoms with E-state index in [1.54, 1.807) is 0 Å². The van der Waals surface area contributed by atoms with E-state index in [4.69, 9.17) is 0 Å². The number of hydrogen-bond acceptors (Lipinski definition) is 4. The van der Waals surface area contributed by atoms with Gasteiger partial charge in [0.05, 0.1) is 12.3 Å². The highest BCUT2D eigenvalue weighted by Gasteiger charge is 2.25. The molecule has 1 N–H and O–H groups in total. The van der Waals surface area contributed by atoms with Crippen LogP contribution in [0.5, 0.6) is 0 Å². The van der Waals surface area contributed by atoms with Crippen LogP contribution in [0.15, 0.2) is 12.3 Å². The molecule has 1 aliphatic rings. The lowest BCUT2D eigenvalue weighted by atomic mass is 9.91. The average Bonchev–Trinajstić information content (AvgIpc) is 2.69. The Morgan fingerprint density at radius 1 is 1.35 bits per heavy atom. The maximum Gasteiger partial charge on any atom is 0.234 e. The van der Waals surface area contributed by atoms with Gasteiger partial charge in [-0.05, 0) is 32.8 Å². The van der Waals surface area contributed by atoms with Gasteiger partial charge in [-0.1, -0.05) is 6.42 Å². The Balaban J connectivity index is 1.84. The van der Waals surface area contributed by atoms with Crippen LogP contribution in [0, 0.1) is 13.8 Å². The Morgan fingerprint density at radius 2 is 2.15 bits per heavy atom. The van der Waals surface area contributed by atoms with Gasteiger partial charge in [0.25, 0.3) is 0 Å². The minimum Gasteiger partial charge on any atom is -0.395 e. The number of imidazole rings is 1. The molecule has 0 unspecified atom stereocenters. The molecule has 5 nitrogen and oxygen atoms in total. The Bertz CT molecular complexity index is 603. The van der Waals surface area contributed by atoms with Gasteiger partial charge in [0.1, 0.15) is 0 Å². The number of nitrogens with zero attached hydrogens (tertiary/aromatic N) is 4. The van der Waals surface area contributed by atoms with Crippen LogP contribution >= 0.6 is 0 Å². The first-order chi connectivity index (χ1) is 9.67. The van der Waals surface area contributed by atoms with Crippen LogP contribution in [0.4, 0.5) is 0 Å². The lowest BCUT2D eigenvalue weighted by Crippen LogP contribution is -2.41. The van der Waals surface area contributed by atoms with Crippen LogP contribution < -0.4 is 0 Å². The highest BCUT2D eigenvalue weighted by Crippen LogP contribution is 2.25. The third-order valence-electron chi connectivity index (χ3n) is 4.15. The first-order valence-electron chi connectivity index (χ1n) is 7.34. The Hall–Kier alpha value is -1.46. The topological polar surface area (TPSA) is 53.7 Å². The third kappa shape index (κ3) is 2.55. The molecule has 1 saturated carbocycles. The summed E-state index contributed by atoms with van der Waals surface area (Å²) < 4.78 is 2.04. The van der Waals surface area contributed by atoms with E-state index in [9.17, 15) is 5.11 Å². The Morgan fingerprint density at radius 3 is 2.80 bits per heavy atom.